The van der Waals surface area contributed by atoms with E-state index in [0.717, 1.165) is 42.8 Å². The molecule has 4 heteroatoms. The molecule has 2 heterocycles. The number of fused-ring (bicyclic) bond motifs is 1. The summed E-state index contributed by atoms with van der Waals surface area (Å²) in [5, 5.41) is 0. The molecule has 0 aliphatic carbocycles. The largest absolute Gasteiger partial charge is 0.342 e. The molecule has 1 aliphatic rings. The van der Waals surface area contributed by atoms with Gasteiger partial charge in [0.2, 0.25) is 0 Å². The standard InChI is InChI=1S/C16H24N4/c17-8-4-5-16-18-14-7-6-13(11-15(14)19-16)12-20-9-2-1-3-10-20/h6-7,11H,1-5,8-10,12,17H2,(H,18,19). The number of hydrogen-bond acceptors (Lipinski definition) is 3. The lowest BCUT2D eigenvalue weighted by molar-refractivity contribution is 0.221. The van der Waals surface area contributed by atoms with Gasteiger partial charge in [0, 0.05) is 13.0 Å². The zero-order valence-electron chi connectivity index (χ0n) is 12.1. The third-order valence-corrected chi connectivity index (χ3v) is 4.07. The predicted octanol–water partition coefficient (Wildman–Crippen LogP) is 2.44. The minimum Gasteiger partial charge on any atom is -0.342 e. The molecule has 108 valence electrons. The Morgan fingerprint density at radius 2 is 2.05 bits per heavy atom. The second-order valence-corrected chi connectivity index (χ2v) is 5.76. The zero-order chi connectivity index (χ0) is 13.8. The second-order valence-electron chi connectivity index (χ2n) is 5.76. The highest BCUT2D eigenvalue weighted by Gasteiger charge is 2.11. The Labute approximate surface area is 120 Å². The van der Waals surface area contributed by atoms with E-state index in [1.165, 1.54) is 37.9 Å². The van der Waals surface area contributed by atoms with Crippen molar-refractivity contribution in [2.45, 2.75) is 38.6 Å². The number of imidazole rings is 1. The maximum absolute atomic E-state index is 5.55. The average molecular weight is 272 g/mol. The van der Waals surface area contributed by atoms with Crippen molar-refractivity contribution in [2.75, 3.05) is 19.6 Å². The van der Waals surface area contributed by atoms with Gasteiger partial charge in [-0.1, -0.05) is 12.5 Å². The van der Waals surface area contributed by atoms with Crippen molar-refractivity contribution >= 4 is 11.0 Å². The van der Waals surface area contributed by atoms with Crippen LogP contribution in [0, 0.1) is 0 Å². The maximum Gasteiger partial charge on any atom is 0.107 e. The van der Waals surface area contributed by atoms with Crippen molar-refractivity contribution in [3.8, 4) is 0 Å². The molecule has 1 fully saturated rings. The minimum absolute atomic E-state index is 0.719. The Morgan fingerprint density at radius 3 is 2.85 bits per heavy atom. The van der Waals surface area contributed by atoms with Crippen LogP contribution in [-0.2, 0) is 13.0 Å². The Bertz CT molecular complexity index is 555. The van der Waals surface area contributed by atoms with Crippen LogP contribution in [0.4, 0.5) is 0 Å². The normalized spacial score (nSPS) is 16.9. The monoisotopic (exact) mass is 272 g/mol. The smallest absolute Gasteiger partial charge is 0.107 e. The van der Waals surface area contributed by atoms with E-state index in [9.17, 15) is 0 Å². The molecule has 0 saturated carbocycles. The number of aromatic amines is 1. The van der Waals surface area contributed by atoms with E-state index in [1.807, 2.05) is 0 Å². The van der Waals surface area contributed by atoms with Gasteiger partial charge in [-0.3, -0.25) is 4.90 Å². The first-order chi connectivity index (χ1) is 9.85. The lowest BCUT2D eigenvalue weighted by Gasteiger charge is -2.26. The SMILES string of the molecule is NCCCc1nc2ccc(CN3CCCCC3)cc2[nH]1. The van der Waals surface area contributed by atoms with Gasteiger partial charge in [0.15, 0.2) is 0 Å². The average Bonchev–Trinajstić information content (AvgIpc) is 2.88. The fourth-order valence-corrected chi connectivity index (χ4v) is 2.97. The first-order valence-corrected chi connectivity index (χ1v) is 7.75. The summed E-state index contributed by atoms with van der Waals surface area (Å²) < 4.78 is 0. The summed E-state index contributed by atoms with van der Waals surface area (Å²) in [5.74, 6) is 1.06. The molecule has 1 aromatic heterocycles. The van der Waals surface area contributed by atoms with Crippen LogP contribution in [0.15, 0.2) is 18.2 Å². The van der Waals surface area contributed by atoms with Gasteiger partial charge in [0.05, 0.1) is 11.0 Å². The number of aromatic nitrogens is 2. The minimum atomic E-state index is 0.719. The van der Waals surface area contributed by atoms with Crippen LogP contribution in [0.5, 0.6) is 0 Å². The summed E-state index contributed by atoms with van der Waals surface area (Å²) in [6.45, 7) is 4.26. The summed E-state index contributed by atoms with van der Waals surface area (Å²) in [4.78, 5) is 10.6. The number of hydrogen-bond donors (Lipinski definition) is 2. The third-order valence-electron chi connectivity index (χ3n) is 4.07. The number of aryl methyl sites for hydroxylation is 1. The highest BCUT2D eigenvalue weighted by Crippen LogP contribution is 2.18. The maximum atomic E-state index is 5.55. The molecule has 0 atom stereocenters. The van der Waals surface area contributed by atoms with Crippen molar-refractivity contribution < 1.29 is 0 Å². The highest BCUT2D eigenvalue weighted by molar-refractivity contribution is 5.75. The van der Waals surface area contributed by atoms with Crippen molar-refractivity contribution in [1.29, 1.82) is 0 Å². The molecule has 3 rings (SSSR count). The molecular weight excluding hydrogens is 248 g/mol. The summed E-state index contributed by atoms with van der Waals surface area (Å²) in [7, 11) is 0. The molecule has 4 nitrogen and oxygen atoms in total. The van der Waals surface area contributed by atoms with Crippen molar-refractivity contribution in [2.24, 2.45) is 5.73 Å². The summed E-state index contributed by atoms with van der Waals surface area (Å²) >= 11 is 0. The first-order valence-electron chi connectivity index (χ1n) is 7.75. The zero-order valence-corrected chi connectivity index (χ0v) is 12.1. The summed E-state index contributed by atoms with van der Waals surface area (Å²) in [5.41, 5.74) is 9.16. The van der Waals surface area contributed by atoms with Crippen LogP contribution in [0.3, 0.4) is 0 Å². The number of likely N-dealkylation sites (tertiary alicyclic amines) is 1. The van der Waals surface area contributed by atoms with Crippen LogP contribution in [-0.4, -0.2) is 34.5 Å². The van der Waals surface area contributed by atoms with Gasteiger partial charge < -0.3 is 10.7 Å². The quantitative estimate of drug-likeness (QED) is 0.879. The fraction of sp³-hybridized carbons (Fsp3) is 0.562. The number of nitrogens with two attached hydrogens (primary N) is 1. The van der Waals surface area contributed by atoms with Gasteiger partial charge in [-0.2, -0.15) is 0 Å². The number of benzene rings is 1. The van der Waals surface area contributed by atoms with Gasteiger partial charge in [-0.05, 0) is 56.6 Å². The van der Waals surface area contributed by atoms with Gasteiger partial charge in [0.25, 0.3) is 0 Å². The fourth-order valence-electron chi connectivity index (χ4n) is 2.97. The lowest BCUT2D eigenvalue weighted by atomic mass is 10.1. The van der Waals surface area contributed by atoms with E-state index in [0.29, 0.717) is 0 Å². The number of nitrogens with zero attached hydrogens (tertiary/aromatic N) is 2. The van der Waals surface area contributed by atoms with Gasteiger partial charge in [-0.25, -0.2) is 4.98 Å². The lowest BCUT2D eigenvalue weighted by Crippen LogP contribution is -2.29. The molecule has 0 radical (unpaired) electrons. The van der Waals surface area contributed by atoms with Crippen LogP contribution >= 0.6 is 0 Å². The number of H-pyrrole nitrogens is 1. The molecule has 1 aromatic carbocycles. The molecule has 3 N–H and O–H groups in total. The third kappa shape index (κ3) is 3.19. The predicted molar refractivity (Wildman–Crippen MR) is 82.6 cm³/mol. The van der Waals surface area contributed by atoms with Crippen molar-refractivity contribution in [1.82, 2.24) is 14.9 Å². The first kappa shape index (κ1) is 13.6. The summed E-state index contributed by atoms with van der Waals surface area (Å²) in [6.07, 6.45) is 6.00. The van der Waals surface area contributed by atoms with Crippen LogP contribution in [0.1, 0.15) is 37.1 Å². The van der Waals surface area contributed by atoms with Gasteiger partial charge in [-0.15, -0.1) is 0 Å². The highest BCUT2D eigenvalue weighted by atomic mass is 15.1. The van der Waals surface area contributed by atoms with E-state index < -0.39 is 0 Å². The second kappa shape index (κ2) is 6.37. The topological polar surface area (TPSA) is 57.9 Å². The van der Waals surface area contributed by atoms with Crippen LogP contribution < -0.4 is 5.73 Å². The number of piperidine rings is 1. The van der Waals surface area contributed by atoms with E-state index in [4.69, 9.17) is 5.73 Å². The van der Waals surface area contributed by atoms with E-state index in [1.54, 1.807) is 0 Å². The van der Waals surface area contributed by atoms with Crippen LogP contribution in [0.2, 0.25) is 0 Å². The molecule has 20 heavy (non-hydrogen) atoms. The van der Waals surface area contributed by atoms with E-state index >= 15 is 0 Å². The Kier molecular flexibility index (Phi) is 4.33. The number of nitrogens with one attached hydrogen (secondary N) is 1. The molecule has 0 bridgehead atoms. The molecule has 0 amide bonds. The number of rotatable bonds is 5. The molecule has 1 saturated heterocycles. The van der Waals surface area contributed by atoms with E-state index in [-0.39, 0.29) is 0 Å². The molecule has 1 aliphatic heterocycles. The Balaban J connectivity index is 1.72. The van der Waals surface area contributed by atoms with Crippen molar-refractivity contribution in [3.63, 3.8) is 0 Å². The molecule has 0 unspecified atom stereocenters. The van der Waals surface area contributed by atoms with Gasteiger partial charge >= 0.3 is 0 Å². The van der Waals surface area contributed by atoms with Crippen LogP contribution in [0.25, 0.3) is 11.0 Å². The molecular formula is C16H24N4. The molecule has 0 spiro atoms. The van der Waals surface area contributed by atoms with Crippen molar-refractivity contribution in [3.05, 3.63) is 29.6 Å². The molecule has 2 aromatic rings. The van der Waals surface area contributed by atoms with E-state index in [2.05, 4.69) is 33.1 Å². The Morgan fingerprint density at radius 1 is 1.20 bits per heavy atom. The Hall–Kier alpha value is -1.39. The summed E-state index contributed by atoms with van der Waals surface area (Å²) in [6, 6.07) is 6.60. The van der Waals surface area contributed by atoms with Gasteiger partial charge in [0.1, 0.15) is 5.82 Å².